The Morgan fingerprint density at radius 2 is 1.12 bits per heavy atom. The van der Waals surface area contributed by atoms with E-state index in [1.165, 1.54) is 19.0 Å². The van der Waals surface area contributed by atoms with Crippen molar-refractivity contribution in [3.8, 4) is 12.1 Å². The molecule has 0 unspecified atom stereocenters. The Labute approximate surface area is 405 Å². The molecule has 0 atom stereocenters. The summed E-state index contributed by atoms with van der Waals surface area (Å²) in [7, 11) is 2.99. The largest absolute Gasteiger partial charge is 0.444 e. The number of imide groups is 2. The molecular weight excluding hydrogens is 937 g/mol. The van der Waals surface area contributed by atoms with E-state index in [1.54, 1.807) is 17.3 Å². The fraction of sp³-hybridized carbons (Fsp3) is 0.596. The summed E-state index contributed by atoms with van der Waals surface area (Å²) in [5.74, 6) is 0.0401. The number of halogens is 1. The first-order valence-corrected chi connectivity index (χ1v) is 23.8. The number of rotatable bonds is 5. The Morgan fingerprint density at radius 1 is 0.706 bits per heavy atom. The third-order valence-corrected chi connectivity index (χ3v) is 12.7. The molecule has 4 aromatic rings. The number of nitrogens with one attached hydrogen (secondary N) is 2. The van der Waals surface area contributed by atoms with Crippen molar-refractivity contribution in [2.45, 2.75) is 130 Å². The maximum atomic E-state index is 12.5. The summed E-state index contributed by atoms with van der Waals surface area (Å²) in [5.41, 5.74) is 1.94. The number of hydrogen-bond donors (Lipinski definition) is 2. The lowest BCUT2D eigenvalue weighted by Crippen LogP contribution is -2.56. The summed E-state index contributed by atoms with van der Waals surface area (Å²) in [4.78, 5) is 83.1. The normalized spacial score (nSPS) is 18.2. The highest BCUT2D eigenvalue weighted by molar-refractivity contribution is 9.08. The lowest BCUT2D eigenvalue weighted by molar-refractivity contribution is -0.132. The van der Waals surface area contributed by atoms with Crippen LogP contribution in [0, 0.1) is 33.5 Å². The number of amides is 7. The van der Waals surface area contributed by atoms with E-state index in [0.29, 0.717) is 58.4 Å². The minimum Gasteiger partial charge on any atom is -0.444 e. The van der Waals surface area contributed by atoms with E-state index >= 15 is 0 Å². The first-order chi connectivity index (χ1) is 31.7. The number of carbonyl (C=O) groups is 5. The van der Waals surface area contributed by atoms with Gasteiger partial charge in [0.1, 0.15) is 40.1 Å². The molecule has 0 aliphatic carbocycles. The molecule has 8 rings (SSSR count). The number of nitrogens with zero attached hydrogens (tertiary/aromatic N) is 12. The van der Waals surface area contributed by atoms with Crippen molar-refractivity contribution in [2.24, 2.45) is 10.8 Å². The van der Waals surface area contributed by atoms with Gasteiger partial charge in [-0.1, -0.05) is 57.5 Å². The molecule has 4 saturated heterocycles. The maximum Gasteiger partial charge on any atom is 0.410 e. The van der Waals surface area contributed by atoms with E-state index in [4.69, 9.17) is 10.00 Å². The van der Waals surface area contributed by atoms with Gasteiger partial charge < -0.3 is 29.4 Å². The zero-order chi connectivity index (χ0) is 50.1. The van der Waals surface area contributed by atoms with Gasteiger partial charge >= 0.3 is 18.2 Å². The average molecular weight is 1000 g/mol. The molecule has 2 spiro atoms. The van der Waals surface area contributed by atoms with Crippen LogP contribution in [-0.2, 0) is 39.3 Å². The fourth-order valence-corrected chi connectivity index (χ4v) is 9.21. The summed E-state index contributed by atoms with van der Waals surface area (Å²) in [6.07, 6.45) is 5.07. The number of urea groups is 2. The molecule has 7 amide bonds. The van der Waals surface area contributed by atoms with Crippen LogP contribution in [0.4, 0.5) is 14.4 Å². The molecule has 21 heteroatoms. The monoisotopic (exact) mass is 998 g/mol. The standard InChI is InChI=1S/C21H27N7O2.C13H15BrN4.C13H21N3O4/c1-20(2,3)13-28-15(9-14-11-23-16(10-22)24-17(14)28)12-27-7-5-21(6-8-27)18(29)26(4)19(30)25-21;1-13(2,3)8-18-10(5-14)4-9-7-16-11(6-15)17-12(9)18;1-12(2,3)20-11(19)16-7-5-13(6-8-16)9(17)15(4)10(18)14-13/h9,11H,5-8,12-13H2,1-4H3,(H,25,30);4,7H,5,8H2,1-3H3;5-8H2,1-4H3,(H,14,18). The van der Waals surface area contributed by atoms with Crippen molar-refractivity contribution in [3.63, 3.8) is 0 Å². The lowest BCUT2D eigenvalue weighted by atomic mass is 9.87. The topological polar surface area (TPSA) is 241 Å². The van der Waals surface area contributed by atoms with Gasteiger partial charge in [0.25, 0.3) is 11.8 Å². The van der Waals surface area contributed by atoms with Gasteiger partial charge in [-0.05, 0) is 69.4 Å². The number of hydrogen-bond acceptors (Lipinski definition) is 13. The zero-order valence-electron chi connectivity index (χ0n) is 41.0. The smallest absolute Gasteiger partial charge is 0.410 e. The Hall–Kier alpha value is -6.19. The Bertz CT molecular complexity index is 2680. The number of likely N-dealkylation sites (tertiary alicyclic amines) is 2. The number of alkyl halides is 1. The van der Waals surface area contributed by atoms with Gasteiger partial charge in [0.2, 0.25) is 11.6 Å². The van der Waals surface area contributed by atoms with Gasteiger partial charge in [0.05, 0.1) is 0 Å². The quantitative estimate of drug-likeness (QED) is 0.171. The fourth-order valence-electron chi connectivity index (χ4n) is 8.75. The van der Waals surface area contributed by atoms with Crippen LogP contribution in [0.15, 0.2) is 24.5 Å². The summed E-state index contributed by atoms with van der Waals surface area (Å²) >= 11 is 3.50. The third-order valence-electron chi connectivity index (χ3n) is 12.1. The molecule has 0 saturated carbocycles. The lowest BCUT2D eigenvalue weighted by Gasteiger charge is -2.37. The molecule has 4 aliphatic heterocycles. The van der Waals surface area contributed by atoms with Crippen LogP contribution >= 0.6 is 15.9 Å². The van der Waals surface area contributed by atoms with E-state index in [9.17, 15) is 29.2 Å². The van der Waals surface area contributed by atoms with Gasteiger partial charge in [0.15, 0.2) is 0 Å². The number of aromatic nitrogens is 6. The van der Waals surface area contributed by atoms with E-state index < -0.39 is 16.7 Å². The first kappa shape index (κ1) is 51.2. The number of nitriles is 2. The second-order valence-corrected chi connectivity index (χ2v) is 21.9. The highest BCUT2D eigenvalue weighted by Crippen LogP contribution is 2.32. The average Bonchev–Trinajstić information content (AvgIpc) is 3.91. The Kier molecular flexibility index (Phi) is 14.6. The van der Waals surface area contributed by atoms with Crippen LogP contribution in [0.3, 0.4) is 0 Å². The third kappa shape index (κ3) is 11.4. The molecule has 4 fully saturated rings. The van der Waals surface area contributed by atoms with Gasteiger partial charge in [-0.25, -0.2) is 34.3 Å². The van der Waals surface area contributed by atoms with E-state index in [0.717, 1.165) is 56.8 Å². The SMILES string of the molecule is CC(C)(C)Cn1c(CBr)cc2cnc(C#N)nc21.CN1C(=O)NC2(CCN(C(=O)OC(C)(C)C)CC2)C1=O.CN1C(=O)NC2(CCN(Cc3cc4cnc(C#N)nc4n3CC(C)(C)C)CC2)C1=O. The van der Waals surface area contributed by atoms with Crippen molar-refractivity contribution < 1.29 is 28.7 Å². The Morgan fingerprint density at radius 3 is 1.49 bits per heavy atom. The minimum atomic E-state index is -0.843. The molecule has 2 N–H and O–H groups in total. The van der Waals surface area contributed by atoms with Crippen LogP contribution < -0.4 is 10.6 Å². The molecule has 364 valence electrons. The van der Waals surface area contributed by atoms with Crippen LogP contribution in [0.1, 0.15) is 111 Å². The predicted molar refractivity (Wildman–Crippen MR) is 256 cm³/mol. The van der Waals surface area contributed by atoms with Gasteiger partial charge in [0, 0.05) is 99.8 Å². The molecule has 4 aromatic heterocycles. The van der Waals surface area contributed by atoms with Crippen molar-refractivity contribution in [3.05, 3.63) is 47.6 Å². The van der Waals surface area contributed by atoms with Crippen LogP contribution in [0.2, 0.25) is 0 Å². The van der Waals surface area contributed by atoms with Crippen LogP contribution in [0.25, 0.3) is 22.1 Å². The van der Waals surface area contributed by atoms with Crippen LogP contribution in [0.5, 0.6) is 0 Å². The number of carbonyl (C=O) groups excluding carboxylic acids is 5. The molecule has 68 heavy (non-hydrogen) atoms. The molecule has 0 bridgehead atoms. The first-order valence-electron chi connectivity index (χ1n) is 22.7. The summed E-state index contributed by atoms with van der Waals surface area (Å²) in [5, 5.41) is 26.4. The van der Waals surface area contributed by atoms with Crippen molar-refractivity contribution in [2.75, 3.05) is 40.3 Å². The maximum absolute atomic E-state index is 12.5. The number of ether oxygens (including phenoxy) is 1. The highest BCUT2D eigenvalue weighted by Gasteiger charge is 2.52. The van der Waals surface area contributed by atoms with Crippen molar-refractivity contribution >= 4 is 68.0 Å². The summed E-state index contributed by atoms with van der Waals surface area (Å²) < 4.78 is 9.64. The molecule has 4 aliphatic rings. The number of likely N-dealkylation sites (N-methyl/N-ethyl adjacent to an activating group) is 2. The second kappa shape index (κ2) is 19.4. The van der Waals surface area contributed by atoms with Gasteiger partial charge in [-0.2, -0.15) is 10.5 Å². The Balaban J connectivity index is 0.000000176. The van der Waals surface area contributed by atoms with Gasteiger partial charge in [-0.15, -0.1) is 0 Å². The summed E-state index contributed by atoms with van der Waals surface area (Å²) in [6.45, 7) is 23.1. The second-order valence-electron chi connectivity index (χ2n) is 21.4. The van der Waals surface area contributed by atoms with E-state index in [-0.39, 0.29) is 52.4 Å². The molecule has 8 heterocycles. The number of piperidine rings is 2. The molecule has 0 radical (unpaired) electrons. The highest BCUT2D eigenvalue weighted by atomic mass is 79.9. The van der Waals surface area contributed by atoms with Crippen molar-refractivity contribution in [1.82, 2.24) is 59.3 Å². The number of fused-ring (bicyclic) bond motifs is 2. The summed E-state index contributed by atoms with van der Waals surface area (Å²) in [6, 6.07) is 7.48. The molecule has 0 aromatic carbocycles. The zero-order valence-corrected chi connectivity index (χ0v) is 42.6. The van der Waals surface area contributed by atoms with Crippen molar-refractivity contribution in [1.29, 1.82) is 10.5 Å². The van der Waals surface area contributed by atoms with E-state index in [2.05, 4.69) is 114 Å². The van der Waals surface area contributed by atoms with E-state index in [1.807, 2.05) is 32.9 Å². The minimum absolute atomic E-state index is 0.0372. The predicted octanol–water partition coefficient (Wildman–Crippen LogP) is 6.05. The molecular formula is C47H63BrN14O6. The van der Waals surface area contributed by atoms with Crippen LogP contribution in [-0.4, -0.2) is 136 Å². The molecule has 20 nitrogen and oxygen atoms in total. The van der Waals surface area contributed by atoms with Gasteiger partial charge in [-0.3, -0.25) is 24.3 Å².